The minimum atomic E-state index is -0.365. The highest BCUT2D eigenvalue weighted by molar-refractivity contribution is 8.00. The Balaban J connectivity index is 1.75. The lowest BCUT2D eigenvalue weighted by molar-refractivity contribution is -0.139. The van der Waals surface area contributed by atoms with Crippen molar-refractivity contribution in [2.75, 3.05) is 7.11 Å². The summed E-state index contributed by atoms with van der Waals surface area (Å²) in [6, 6.07) is 2.17. The largest absolute Gasteiger partial charge is 0.468 e. The van der Waals surface area contributed by atoms with Gasteiger partial charge in [-0.05, 0) is 43.7 Å². The summed E-state index contributed by atoms with van der Waals surface area (Å²) in [6.07, 6.45) is 3.51. The number of hydrogen-bond donors (Lipinski definition) is 0. The fourth-order valence-electron chi connectivity index (χ4n) is 2.53. The molecule has 0 radical (unpaired) electrons. The Kier molecular flexibility index (Phi) is 4.54. The van der Waals surface area contributed by atoms with Crippen LogP contribution in [0.2, 0.25) is 0 Å². The molecule has 1 aliphatic rings. The number of thiophene rings is 1. The summed E-state index contributed by atoms with van der Waals surface area (Å²) in [5, 5.41) is 8.15. The maximum Gasteiger partial charge on any atom is 0.319 e. The number of aromatic nitrogens is 2. The molecule has 0 fully saturated rings. The third kappa shape index (κ3) is 3.20. The van der Waals surface area contributed by atoms with Gasteiger partial charge in [-0.3, -0.25) is 4.79 Å². The van der Waals surface area contributed by atoms with E-state index in [9.17, 15) is 4.79 Å². The molecule has 0 N–H and O–H groups in total. The van der Waals surface area contributed by atoms with E-state index in [1.165, 1.54) is 35.7 Å². The van der Waals surface area contributed by atoms with E-state index in [0.717, 1.165) is 23.6 Å². The van der Waals surface area contributed by atoms with Crippen LogP contribution in [0.4, 0.5) is 0 Å². The van der Waals surface area contributed by atoms with E-state index in [1.807, 2.05) is 0 Å². The number of thioether (sulfide) groups is 1. The van der Waals surface area contributed by atoms with E-state index in [-0.39, 0.29) is 11.2 Å². The summed E-state index contributed by atoms with van der Waals surface area (Å²) >= 11 is 2.95. The molecule has 0 aliphatic heterocycles. The number of esters is 1. The van der Waals surface area contributed by atoms with E-state index in [2.05, 4.69) is 23.2 Å². The summed E-state index contributed by atoms with van der Waals surface area (Å²) in [6.45, 7) is 4.04. The van der Waals surface area contributed by atoms with Crippen LogP contribution >= 0.6 is 23.1 Å². The molecule has 5 nitrogen and oxygen atoms in total. The van der Waals surface area contributed by atoms with Crippen molar-refractivity contribution in [3.8, 4) is 10.8 Å². The third-order valence-corrected chi connectivity index (χ3v) is 5.89. The molecule has 2 heterocycles. The zero-order valence-corrected chi connectivity index (χ0v) is 14.4. The second-order valence-corrected chi connectivity index (χ2v) is 7.99. The van der Waals surface area contributed by atoms with Crippen LogP contribution in [0.1, 0.15) is 30.7 Å². The lowest BCUT2D eigenvalue weighted by Crippen LogP contribution is -2.14. The van der Waals surface area contributed by atoms with Gasteiger partial charge >= 0.3 is 5.97 Å². The van der Waals surface area contributed by atoms with Gasteiger partial charge in [-0.1, -0.05) is 18.7 Å². The number of hydrogen-bond acceptors (Lipinski definition) is 7. The second-order valence-electron chi connectivity index (χ2n) is 5.56. The van der Waals surface area contributed by atoms with Gasteiger partial charge in [0.2, 0.25) is 0 Å². The van der Waals surface area contributed by atoms with Crippen molar-refractivity contribution in [1.29, 1.82) is 0 Å². The molecule has 3 rings (SSSR count). The van der Waals surface area contributed by atoms with E-state index >= 15 is 0 Å². The molecule has 1 aliphatic carbocycles. The lowest BCUT2D eigenvalue weighted by atomic mass is 9.90. The smallest absolute Gasteiger partial charge is 0.319 e. The summed E-state index contributed by atoms with van der Waals surface area (Å²) in [5.41, 5.74) is 1.41. The molecule has 7 heteroatoms. The van der Waals surface area contributed by atoms with Crippen molar-refractivity contribution < 1.29 is 13.9 Å². The molecule has 118 valence electrons. The van der Waals surface area contributed by atoms with Crippen molar-refractivity contribution in [2.24, 2.45) is 5.92 Å². The minimum absolute atomic E-state index is 0.301. The molecule has 22 heavy (non-hydrogen) atoms. The Morgan fingerprint density at radius 3 is 3.14 bits per heavy atom. The highest BCUT2D eigenvalue weighted by Gasteiger charge is 2.22. The number of ether oxygens (including phenoxy) is 1. The molecule has 0 bridgehead atoms. The summed E-state index contributed by atoms with van der Waals surface area (Å²) < 4.78 is 10.4. The zero-order valence-electron chi connectivity index (χ0n) is 12.8. The Labute approximate surface area is 137 Å². The number of carbonyl (C=O) groups is 1. The number of rotatable bonds is 4. The van der Waals surface area contributed by atoms with Crippen molar-refractivity contribution in [3.05, 3.63) is 16.5 Å². The van der Waals surface area contributed by atoms with Crippen LogP contribution in [0.25, 0.3) is 10.8 Å². The Hall–Kier alpha value is -1.34. The van der Waals surface area contributed by atoms with Gasteiger partial charge < -0.3 is 9.15 Å². The molecule has 2 atom stereocenters. The van der Waals surface area contributed by atoms with E-state index in [0.29, 0.717) is 11.1 Å². The van der Waals surface area contributed by atoms with Crippen LogP contribution < -0.4 is 0 Å². The number of carbonyl (C=O) groups excluding carboxylic acids is 1. The first-order valence-electron chi connectivity index (χ1n) is 7.26. The summed E-state index contributed by atoms with van der Waals surface area (Å²) in [5.74, 6) is 0.974. The van der Waals surface area contributed by atoms with Gasteiger partial charge in [-0.2, -0.15) is 0 Å². The topological polar surface area (TPSA) is 65.2 Å². The maximum absolute atomic E-state index is 11.4. The van der Waals surface area contributed by atoms with Gasteiger partial charge in [0.15, 0.2) is 0 Å². The molecule has 0 saturated carbocycles. The van der Waals surface area contributed by atoms with Gasteiger partial charge in [-0.25, -0.2) is 0 Å². The molecule has 2 aromatic heterocycles. The van der Waals surface area contributed by atoms with Gasteiger partial charge in [0.05, 0.1) is 12.0 Å². The van der Waals surface area contributed by atoms with Crippen LogP contribution in [0.5, 0.6) is 0 Å². The Morgan fingerprint density at radius 1 is 1.55 bits per heavy atom. The van der Waals surface area contributed by atoms with Crippen LogP contribution in [0.15, 0.2) is 15.7 Å². The van der Waals surface area contributed by atoms with Crippen LogP contribution in [0.3, 0.4) is 0 Å². The third-order valence-electron chi connectivity index (χ3n) is 3.76. The normalized spacial score (nSPS) is 18.8. The monoisotopic (exact) mass is 338 g/mol. The average Bonchev–Trinajstić information content (AvgIpc) is 3.12. The van der Waals surface area contributed by atoms with Crippen LogP contribution in [-0.2, 0) is 22.4 Å². The van der Waals surface area contributed by atoms with Gasteiger partial charge in [0.1, 0.15) is 5.25 Å². The first kappa shape index (κ1) is 15.6. The van der Waals surface area contributed by atoms with Crippen LogP contribution in [0, 0.1) is 5.92 Å². The van der Waals surface area contributed by atoms with Crippen molar-refractivity contribution in [1.82, 2.24) is 10.2 Å². The number of methoxy groups -OCH3 is 1. The average molecular weight is 338 g/mol. The second kappa shape index (κ2) is 6.42. The minimum Gasteiger partial charge on any atom is -0.468 e. The van der Waals surface area contributed by atoms with Crippen molar-refractivity contribution in [3.63, 3.8) is 0 Å². The SMILES string of the molecule is COC(=O)[C@@H](C)Sc1nnc(-c2cc3c(s2)CC[C@@H](C)C3)o1. The molecule has 0 saturated heterocycles. The van der Waals surface area contributed by atoms with E-state index in [1.54, 1.807) is 18.3 Å². The standard InChI is InChI=1S/C15H18N2O3S2/c1-8-4-5-11-10(6-8)7-12(22-11)13-16-17-15(20-13)21-9(2)14(18)19-3/h7-9H,4-6H2,1-3H3/t8-,9-/m1/s1. The molecular weight excluding hydrogens is 320 g/mol. The quantitative estimate of drug-likeness (QED) is 0.627. The fraction of sp³-hybridized carbons (Fsp3) is 0.533. The Morgan fingerprint density at radius 2 is 2.36 bits per heavy atom. The molecule has 0 aromatic carbocycles. The molecule has 0 spiro atoms. The zero-order chi connectivity index (χ0) is 15.7. The van der Waals surface area contributed by atoms with Gasteiger partial charge in [0.25, 0.3) is 11.1 Å². The predicted octanol–water partition coefficient (Wildman–Crippen LogP) is 3.58. The van der Waals surface area contributed by atoms with Crippen LogP contribution in [-0.4, -0.2) is 28.5 Å². The van der Waals surface area contributed by atoms with Gasteiger partial charge in [0, 0.05) is 4.88 Å². The summed E-state index contributed by atoms with van der Waals surface area (Å²) in [4.78, 5) is 13.9. The highest BCUT2D eigenvalue weighted by Crippen LogP contribution is 2.37. The predicted molar refractivity (Wildman–Crippen MR) is 86.1 cm³/mol. The van der Waals surface area contributed by atoms with Crippen molar-refractivity contribution >= 4 is 29.1 Å². The molecular formula is C15H18N2O3S2. The number of fused-ring (bicyclic) bond motifs is 1. The number of nitrogens with zero attached hydrogens (tertiary/aromatic N) is 2. The maximum atomic E-state index is 11.4. The first-order chi connectivity index (χ1) is 10.6. The van der Waals surface area contributed by atoms with E-state index in [4.69, 9.17) is 9.15 Å². The fourth-order valence-corrected chi connectivity index (χ4v) is 4.37. The van der Waals surface area contributed by atoms with Crippen molar-refractivity contribution in [2.45, 2.75) is 43.6 Å². The van der Waals surface area contributed by atoms with Gasteiger partial charge in [-0.15, -0.1) is 21.5 Å². The lowest BCUT2D eigenvalue weighted by Gasteiger charge is -2.16. The Bertz CT molecular complexity index is 680. The van der Waals surface area contributed by atoms with E-state index < -0.39 is 0 Å². The molecule has 2 aromatic rings. The number of aryl methyl sites for hydroxylation is 1. The first-order valence-corrected chi connectivity index (χ1v) is 8.96. The molecule has 0 amide bonds. The summed E-state index contributed by atoms with van der Waals surface area (Å²) in [7, 11) is 1.37. The molecule has 0 unspecified atom stereocenters. The highest BCUT2D eigenvalue weighted by atomic mass is 32.2.